The Kier molecular flexibility index (Phi) is 3.23. The molecule has 0 unspecified atom stereocenters. The van der Waals surface area contributed by atoms with E-state index in [4.69, 9.17) is 0 Å². The molecule has 2 saturated heterocycles. The van der Waals surface area contributed by atoms with Crippen molar-refractivity contribution in [3.63, 3.8) is 0 Å². The van der Waals surface area contributed by atoms with Crippen molar-refractivity contribution in [2.45, 2.75) is 25.2 Å². The molecule has 1 aromatic carbocycles. The van der Waals surface area contributed by atoms with Crippen LogP contribution in [0.3, 0.4) is 0 Å². The highest BCUT2D eigenvalue weighted by Gasteiger charge is 2.49. The lowest BCUT2D eigenvalue weighted by molar-refractivity contribution is 0.0248. The first-order valence-electron chi connectivity index (χ1n) is 7.12. The third-order valence-corrected chi connectivity index (χ3v) is 4.55. The summed E-state index contributed by atoms with van der Waals surface area (Å²) in [5.74, 6) is 0.0813. The fourth-order valence-corrected chi connectivity index (χ4v) is 3.40. The number of hydrogen-bond acceptors (Lipinski definition) is 2. The van der Waals surface area contributed by atoms with Gasteiger partial charge in [-0.3, -0.25) is 0 Å². The van der Waals surface area contributed by atoms with Crippen molar-refractivity contribution < 1.29 is 9.59 Å². The summed E-state index contributed by atoms with van der Waals surface area (Å²) in [6.07, 6.45) is -0.289. The second-order valence-electron chi connectivity index (χ2n) is 5.79. The maximum Gasteiger partial charge on any atom is 0.319 e. The molecule has 2 fully saturated rings. The summed E-state index contributed by atoms with van der Waals surface area (Å²) >= 11 is 0. The molecule has 2 aliphatic rings. The van der Waals surface area contributed by atoms with Crippen molar-refractivity contribution in [2.24, 2.45) is 5.92 Å². The van der Waals surface area contributed by atoms with Gasteiger partial charge in [-0.1, -0.05) is 30.3 Å². The molecule has 6 heteroatoms. The molecule has 0 aromatic heterocycles. The zero-order chi connectivity index (χ0) is 15.1. The standard InChI is InChI=1S/C15H20N4O2/c1-9-11-12(10-7-5-4-6-8-10)18(2)15(21)17-13(11)19(3)14(20)16-9/h4-9,11-13H,1-3H3,(H,16,20)(H,17,21)/t9-,11-,12+,13+/m0/s1. The predicted molar refractivity (Wildman–Crippen MR) is 78.5 cm³/mol. The number of carbonyl (C=O) groups is 2. The predicted octanol–water partition coefficient (Wildman–Crippen LogP) is 1.37. The van der Waals surface area contributed by atoms with Crippen molar-refractivity contribution >= 4 is 12.1 Å². The highest BCUT2D eigenvalue weighted by molar-refractivity contribution is 5.80. The van der Waals surface area contributed by atoms with Gasteiger partial charge in [-0.15, -0.1) is 0 Å². The Morgan fingerprint density at radius 2 is 1.57 bits per heavy atom. The van der Waals surface area contributed by atoms with Gasteiger partial charge in [-0.2, -0.15) is 0 Å². The molecular weight excluding hydrogens is 268 g/mol. The topological polar surface area (TPSA) is 64.7 Å². The molecule has 0 saturated carbocycles. The number of fused-ring (bicyclic) bond motifs is 1. The minimum Gasteiger partial charge on any atom is -0.335 e. The summed E-state index contributed by atoms with van der Waals surface area (Å²) in [7, 11) is 3.51. The Morgan fingerprint density at radius 1 is 0.952 bits per heavy atom. The number of carbonyl (C=O) groups excluding carboxylic acids is 2. The van der Waals surface area contributed by atoms with Crippen molar-refractivity contribution in [1.82, 2.24) is 20.4 Å². The third kappa shape index (κ3) is 2.11. The van der Waals surface area contributed by atoms with Crippen molar-refractivity contribution in [3.05, 3.63) is 35.9 Å². The van der Waals surface area contributed by atoms with Crippen LogP contribution in [0, 0.1) is 5.92 Å². The summed E-state index contributed by atoms with van der Waals surface area (Å²) in [6, 6.07) is 9.57. The number of hydrogen-bond donors (Lipinski definition) is 2. The van der Waals surface area contributed by atoms with E-state index in [2.05, 4.69) is 10.6 Å². The Balaban J connectivity index is 2.03. The van der Waals surface area contributed by atoms with E-state index in [0.29, 0.717) is 0 Å². The molecular formula is C15H20N4O2. The number of nitrogens with one attached hydrogen (secondary N) is 2. The third-order valence-electron chi connectivity index (χ3n) is 4.55. The number of nitrogens with zero attached hydrogens (tertiary/aromatic N) is 2. The van der Waals surface area contributed by atoms with Crippen molar-refractivity contribution in [1.29, 1.82) is 0 Å². The van der Waals surface area contributed by atoms with Crippen molar-refractivity contribution in [3.8, 4) is 0 Å². The zero-order valence-corrected chi connectivity index (χ0v) is 12.4. The minimum absolute atomic E-state index is 0.0213. The first-order chi connectivity index (χ1) is 10.0. The van der Waals surface area contributed by atoms with Gasteiger partial charge >= 0.3 is 12.1 Å². The maximum absolute atomic E-state index is 12.2. The van der Waals surface area contributed by atoms with Crippen LogP contribution in [-0.2, 0) is 0 Å². The molecule has 4 amide bonds. The lowest BCUT2D eigenvalue weighted by Crippen LogP contribution is -2.71. The van der Waals surface area contributed by atoms with Gasteiger partial charge in [0.2, 0.25) is 0 Å². The first-order valence-corrected chi connectivity index (χ1v) is 7.12. The largest absolute Gasteiger partial charge is 0.335 e. The maximum atomic E-state index is 12.2. The van der Waals surface area contributed by atoms with Gasteiger partial charge in [0.15, 0.2) is 0 Å². The molecule has 2 aliphatic heterocycles. The minimum atomic E-state index is -0.289. The van der Waals surface area contributed by atoms with E-state index in [0.717, 1.165) is 5.56 Å². The summed E-state index contributed by atoms with van der Waals surface area (Å²) in [5.41, 5.74) is 1.08. The second-order valence-corrected chi connectivity index (χ2v) is 5.79. The Labute approximate surface area is 124 Å². The Bertz CT molecular complexity index is 562. The number of rotatable bonds is 1. The zero-order valence-electron chi connectivity index (χ0n) is 12.4. The van der Waals surface area contributed by atoms with Crippen molar-refractivity contribution in [2.75, 3.05) is 14.1 Å². The molecule has 2 heterocycles. The van der Waals surface area contributed by atoms with Crippen LogP contribution < -0.4 is 10.6 Å². The summed E-state index contributed by atoms with van der Waals surface area (Å²) < 4.78 is 0. The van der Waals surface area contributed by atoms with E-state index < -0.39 is 0 Å². The van der Waals surface area contributed by atoms with E-state index in [-0.39, 0.29) is 36.2 Å². The molecule has 1 aromatic rings. The van der Waals surface area contributed by atoms with Gasteiger partial charge in [-0.05, 0) is 12.5 Å². The molecule has 4 atom stereocenters. The van der Waals surface area contributed by atoms with Crippen LogP contribution >= 0.6 is 0 Å². The van der Waals surface area contributed by atoms with Gasteiger partial charge in [0.1, 0.15) is 6.17 Å². The fraction of sp³-hybridized carbons (Fsp3) is 0.467. The van der Waals surface area contributed by atoms with Crippen LogP contribution in [0.15, 0.2) is 30.3 Å². The monoisotopic (exact) mass is 288 g/mol. The number of urea groups is 2. The fourth-order valence-electron chi connectivity index (χ4n) is 3.40. The Morgan fingerprint density at radius 3 is 2.24 bits per heavy atom. The van der Waals surface area contributed by atoms with Crippen LogP contribution in [0.25, 0.3) is 0 Å². The van der Waals surface area contributed by atoms with Gasteiger partial charge in [0.05, 0.1) is 6.04 Å². The Hall–Kier alpha value is -2.24. The van der Waals surface area contributed by atoms with Gasteiger partial charge in [0, 0.05) is 26.1 Å². The molecule has 112 valence electrons. The molecule has 0 aliphatic carbocycles. The highest BCUT2D eigenvalue weighted by Crippen LogP contribution is 2.38. The van der Waals surface area contributed by atoms with Crippen LogP contribution in [0.1, 0.15) is 18.5 Å². The normalized spacial score (nSPS) is 32.3. The van der Waals surface area contributed by atoms with E-state index in [9.17, 15) is 9.59 Å². The SMILES string of the molecule is C[C@@H]1NC(=O)N(C)[C@H]2NC(=O)N(C)[C@H](c3ccccc3)[C@H]12. The summed E-state index contributed by atoms with van der Waals surface area (Å²) in [4.78, 5) is 27.5. The second kappa shape index (κ2) is 4.95. The van der Waals surface area contributed by atoms with Crippen LogP contribution in [0.5, 0.6) is 0 Å². The van der Waals surface area contributed by atoms with Crippen LogP contribution in [0.4, 0.5) is 9.59 Å². The molecule has 0 spiro atoms. The van der Waals surface area contributed by atoms with E-state index in [1.165, 1.54) is 0 Å². The molecule has 21 heavy (non-hydrogen) atoms. The summed E-state index contributed by atoms with van der Waals surface area (Å²) in [5, 5.41) is 5.90. The lowest BCUT2D eigenvalue weighted by Gasteiger charge is -2.52. The number of benzene rings is 1. The van der Waals surface area contributed by atoms with Gasteiger partial charge in [-0.25, -0.2) is 9.59 Å². The summed E-state index contributed by atoms with van der Waals surface area (Å²) in [6.45, 7) is 1.99. The van der Waals surface area contributed by atoms with E-state index in [1.54, 1.807) is 23.9 Å². The average molecular weight is 288 g/mol. The first kappa shape index (κ1) is 13.7. The van der Waals surface area contributed by atoms with Crippen LogP contribution in [0.2, 0.25) is 0 Å². The van der Waals surface area contributed by atoms with E-state index in [1.807, 2.05) is 37.3 Å². The molecule has 0 radical (unpaired) electrons. The van der Waals surface area contributed by atoms with E-state index >= 15 is 0 Å². The van der Waals surface area contributed by atoms with Gasteiger partial charge in [0.25, 0.3) is 0 Å². The lowest BCUT2D eigenvalue weighted by atomic mass is 9.81. The molecule has 0 bridgehead atoms. The van der Waals surface area contributed by atoms with Crippen LogP contribution in [-0.4, -0.2) is 48.2 Å². The molecule has 2 N–H and O–H groups in total. The molecule has 6 nitrogen and oxygen atoms in total. The number of amides is 4. The van der Waals surface area contributed by atoms with Gasteiger partial charge < -0.3 is 20.4 Å². The quantitative estimate of drug-likeness (QED) is 0.819. The molecule has 3 rings (SSSR count). The smallest absolute Gasteiger partial charge is 0.319 e. The average Bonchev–Trinajstić information content (AvgIpc) is 2.48. The highest BCUT2D eigenvalue weighted by atomic mass is 16.2.